The molecule has 19 heavy (non-hydrogen) atoms. The van der Waals surface area contributed by atoms with Gasteiger partial charge in [-0.3, -0.25) is 0 Å². The third-order valence-electron chi connectivity index (χ3n) is 2.97. The topological polar surface area (TPSA) is 39.7 Å². The standard InChI is InChI=1S/C14H33NO3Si/c1-7-14(12-15-11-13(5)6)19(16-8-2,17-9-3)18-10-4/h13-15H,7-12H2,1-6H3. The lowest BCUT2D eigenvalue weighted by Crippen LogP contribution is -2.53. The van der Waals surface area contributed by atoms with Gasteiger partial charge >= 0.3 is 8.80 Å². The summed E-state index contributed by atoms with van der Waals surface area (Å²) in [6.45, 7) is 16.5. The van der Waals surface area contributed by atoms with E-state index in [-0.39, 0.29) is 0 Å². The first-order chi connectivity index (χ1) is 9.06. The van der Waals surface area contributed by atoms with Crippen LogP contribution >= 0.6 is 0 Å². The van der Waals surface area contributed by atoms with Crippen molar-refractivity contribution < 1.29 is 13.3 Å². The van der Waals surface area contributed by atoms with Crippen LogP contribution in [0, 0.1) is 5.92 Å². The molecule has 0 bridgehead atoms. The van der Waals surface area contributed by atoms with Crippen LogP contribution in [-0.4, -0.2) is 41.7 Å². The van der Waals surface area contributed by atoms with Gasteiger partial charge in [-0.2, -0.15) is 0 Å². The first kappa shape index (κ1) is 19.1. The Hall–Kier alpha value is 0.0569. The van der Waals surface area contributed by atoms with Gasteiger partial charge in [0.1, 0.15) is 0 Å². The second kappa shape index (κ2) is 10.8. The average molecular weight is 292 g/mol. The molecular formula is C14H33NO3Si. The van der Waals surface area contributed by atoms with Crippen molar-refractivity contribution in [2.75, 3.05) is 32.9 Å². The summed E-state index contributed by atoms with van der Waals surface area (Å²) < 4.78 is 17.9. The van der Waals surface area contributed by atoms with Crippen molar-refractivity contribution >= 4 is 8.80 Å². The number of nitrogens with one attached hydrogen (secondary N) is 1. The van der Waals surface area contributed by atoms with Crippen LogP contribution in [0.1, 0.15) is 48.0 Å². The maximum Gasteiger partial charge on any atom is 0.505 e. The van der Waals surface area contributed by atoms with E-state index >= 15 is 0 Å². The fraction of sp³-hybridized carbons (Fsp3) is 1.00. The van der Waals surface area contributed by atoms with Crippen LogP contribution in [0.2, 0.25) is 5.54 Å². The van der Waals surface area contributed by atoms with Crippen molar-refractivity contribution in [2.24, 2.45) is 5.92 Å². The monoisotopic (exact) mass is 291 g/mol. The van der Waals surface area contributed by atoms with Gasteiger partial charge in [0.2, 0.25) is 0 Å². The molecule has 0 heterocycles. The lowest BCUT2D eigenvalue weighted by atomic mass is 10.2. The summed E-state index contributed by atoms with van der Waals surface area (Å²) in [5, 5.41) is 3.51. The smallest absolute Gasteiger partial charge is 0.374 e. The third-order valence-corrected chi connectivity index (χ3v) is 6.66. The summed E-state index contributed by atoms with van der Waals surface area (Å²) >= 11 is 0. The first-order valence-corrected chi connectivity index (χ1v) is 9.48. The fourth-order valence-electron chi connectivity index (χ4n) is 2.15. The highest BCUT2D eigenvalue weighted by atomic mass is 28.4. The molecule has 0 aliphatic rings. The minimum Gasteiger partial charge on any atom is -0.374 e. The molecule has 0 rings (SSSR count). The Morgan fingerprint density at radius 2 is 1.32 bits per heavy atom. The summed E-state index contributed by atoms with van der Waals surface area (Å²) in [5.41, 5.74) is 0.325. The SMILES string of the molecule is CCO[Si](OCC)(OCC)C(CC)CNCC(C)C. The summed E-state index contributed by atoms with van der Waals surface area (Å²) in [6.07, 6.45) is 1.01. The van der Waals surface area contributed by atoms with Crippen molar-refractivity contribution in [3.05, 3.63) is 0 Å². The summed E-state index contributed by atoms with van der Waals surface area (Å²) in [7, 11) is -2.56. The Morgan fingerprint density at radius 1 is 0.842 bits per heavy atom. The van der Waals surface area contributed by atoms with E-state index in [1.165, 1.54) is 0 Å². The second-order valence-electron chi connectivity index (χ2n) is 5.06. The van der Waals surface area contributed by atoms with E-state index in [0.717, 1.165) is 19.5 Å². The lowest BCUT2D eigenvalue weighted by molar-refractivity contribution is 0.0600. The van der Waals surface area contributed by atoms with E-state index in [9.17, 15) is 0 Å². The Labute approximate surface area is 120 Å². The Balaban J connectivity index is 4.72. The van der Waals surface area contributed by atoms with Crippen LogP contribution < -0.4 is 5.32 Å². The van der Waals surface area contributed by atoms with E-state index in [1.807, 2.05) is 20.8 Å². The van der Waals surface area contributed by atoms with Crippen molar-refractivity contribution in [3.8, 4) is 0 Å². The molecule has 0 saturated heterocycles. The van der Waals surface area contributed by atoms with Gasteiger partial charge in [-0.1, -0.05) is 20.8 Å². The van der Waals surface area contributed by atoms with Gasteiger partial charge in [0.05, 0.1) is 0 Å². The van der Waals surface area contributed by atoms with E-state index in [4.69, 9.17) is 13.3 Å². The minimum absolute atomic E-state index is 0.325. The zero-order valence-electron chi connectivity index (χ0n) is 13.6. The molecule has 0 spiro atoms. The third kappa shape index (κ3) is 6.86. The Kier molecular flexibility index (Phi) is 10.8. The molecular weight excluding hydrogens is 258 g/mol. The Morgan fingerprint density at radius 3 is 1.63 bits per heavy atom. The van der Waals surface area contributed by atoms with Gasteiger partial charge in [0, 0.05) is 31.9 Å². The highest BCUT2D eigenvalue weighted by Gasteiger charge is 2.47. The van der Waals surface area contributed by atoms with Crippen molar-refractivity contribution in [1.82, 2.24) is 5.32 Å². The number of rotatable bonds is 12. The molecule has 0 aromatic rings. The first-order valence-electron chi connectivity index (χ1n) is 7.68. The van der Waals surface area contributed by atoms with Gasteiger partial charge in [0.15, 0.2) is 0 Å². The summed E-state index contributed by atoms with van der Waals surface area (Å²) in [5.74, 6) is 0.653. The van der Waals surface area contributed by atoms with Gasteiger partial charge in [0.25, 0.3) is 0 Å². The molecule has 0 fully saturated rings. The second-order valence-corrected chi connectivity index (χ2v) is 7.95. The molecule has 116 valence electrons. The van der Waals surface area contributed by atoms with Crippen molar-refractivity contribution in [3.63, 3.8) is 0 Å². The molecule has 0 aromatic heterocycles. The van der Waals surface area contributed by atoms with Gasteiger partial charge < -0.3 is 18.6 Å². The van der Waals surface area contributed by atoms with Crippen LogP contribution in [0.15, 0.2) is 0 Å². The van der Waals surface area contributed by atoms with E-state index < -0.39 is 8.80 Å². The van der Waals surface area contributed by atoms with E-state index in [2.05, 4.69) is 26.1 Å². The largest absolute Gasteiger partial charge is 0.505 e. The average Bonchev–Trinajstić information content (AvgIpc) is 2.35. The molecule has 0 aromatic carbocycles. The summed E-state index contributed by atoms with van der Waals surface area (Å²) in [4.78, 5) is 0. The highest BCUT2D eigenvalue weighted by Crippen LogP contribution is 2.28. The highest BCUT2D eigenvalue weighted by molar-refractivity contribution is 6.62. The molecule has 0 aliphatic heterocycles. The van der Waals surface area contributed by atoms with Crippen LogP contribution in [-0.2, 0) is 13.3 Å². The Bertz CT molecular complexity index is 198. The van der Waals surface area contributed by atoms with Gasteiger partial charge in [-0.25, -0.2) is 0 Å². The predicted molar refractivity (Wildman–Crippen MR) is 82.4 cm³/mol. The zero-order valence-corrected chi connectivity index (χ0v) is 14.6. The maximum absolute atomic E-state index is 5.98. The van der Waals surface area contributed by atoms with Crippen molar-refractivity contribution in [2.45, 2.75) is 53.5 Å². The molecule has 4 nitrogen and oxygen atoms in total. The minimum atomic E-state index is -2.56. The van der Waals surface area contributed by atoms with Crippen LogP contribution in [0.25, 0.3) is 0 Å². The number of hydrogen-bond donors (Lipinski definition) is 1. The molecule has 1 N–H and O–H groups in total. The molecule has 1 atom stereocenters. The fourth-order valence-corrected chi connectivity index (χ4v) is 5.21. The zero-order chi connectivity index (χ0) is 14.7. The quantitative estimate of drug-likeness (QED) is 0.561. The molecule has 5 heteroatoms. The van der Waals surface area contributed by atoms with Crippen LogP contribution in [0.5, 0.6) is 0 Å². The van der Waals surface area contributed by atoms with Crippen LogP contribution in [0.3, 0.4) is 0 Å². The van der Waals surface area contributed by atoms with Gasteiger partial charge in [-0.05, 0) is 39.7 Å². The van der Waals surface area contributed by atoms with E-state index in [0.29, 0.717) is 31.3 Å². The molecule has 0 aliphatic carbocycles. The molecule has 0 saturated carbocycles. The molecule has 0 radical (unpaired) electrons. The molecule has 1 unspecified atom stereocenters. The normalized spacial score (nSPS) is 14.1. The van der Waals surface area contributed by atoms with Gasteiger partial charge in [-0.15, -0.1) is 0 Å². The number of hydrogen-bond acceptors (Lipinski definition) is 4. The molecule has 0 amide bonds. The van der Waals surface area contributed by atoms with Crippen LogP contribution in [0.4, 0.5) is 0 Å². The van der Waals surface area contributed by atoms with E-state index in [1.54, 1.807) is 0 Å². The summed E-state index contributed by atoms with van der Waals surface area (Å²) in [6, 6.07) is 0. The lowest BCUT2D eigenvalue weighted by Gasteiger charge is -2.35. The predicted octanol–water partition coefficient (Wildman–Crippen LogP) is 3.06. The van der Waals surface area contributed by atoms with Crippen molar-refractivity contribution in [1.29, 1.82) is 0 Å². The maximum atomic E-state index is 5.98.